The van der Waals surface area contributed by atoms with E-state index >= 15 is 0 Å². The summed E-state index contributed by atoms with van der Waals surface area (Å²) in [6.45, 7) is 3.33. The molecule has 0 radical (unpaired) electrons. The molecule has 0 bridgehead atoms. The van der Waals surface area contributed by atoms with E-state index in [1.54, 1.807) is 0 Å². The van der Waals surface area contributed by atoms with Crippen LogP contribution in [0.4, 0.5) is 0 Å². The van der Waals surface area contributed by atoms with Crippen molar-refractivity contribution in [1.29, 1.82) is 0 Å². The van der Waals surface area contributed by atoms with Crippen LogP contribution in [-0.4, -0.2) is 11.0 Å². The van der Waals surface area contributed by atoms with Gasteiger partial charge in [-0.1, -0.05) is 6.58 Å². The molecule has 0 N–H and O–H groups in total. The first-order valence-corrected chi connectivity index (χ1v) is 2.53. The Morgan fingerprint density at radius 2 is 2.45 bits per heavy atom. The number of carbonyl (C=O) groups is 1. The fourth-order valence-electron chi connectivity index (χ4n) is 0.475. The molecule has 0 saturated carbocycles. The third kappa shape index (κ3) is 2.26. The van der Waals surface area contributed by atoms with Gasteiger partial charge >= 0.3 is 18.9 Å². The van der Waals surface area contributed by atoms with E-state index in [1.165, 1.54) is 6.08 Å². The normalized spacial score (nSPS) is 8.36. The van der Waals surface area contributed by atoms with Gasteiger partial charge in [-0.25, -0.2) is 4.98 Å². The summed E-state index contributed by atoms with van der Waals surface area (Å²) in [6.07, 6.45) is 2.32. The molecule has 0 unspecified atom stereocenters. The zero-order valence-corrected chi connectivity index (χ0v) is 6.03. The van der Waals surface area contributed by atoms with Gasteiger partial charge in [-0.3, -0.25) is 0 Å². The summed E-state index contributed by atoms with van der Waals surface area (Å²) >= 11 is 0. The molecule has 0 saturated heterocycles. The standard InChI is InChI=1S/C6H5NO3.Li/c1-2-5-7-4(3-10-5)6(8)9;/h2-3H,1H2,(H,8,9);/q;+1/p-1. The average Bonchev–Trinajstić information content (AvgIpc) is 2.34. The van der Waals surface area contributed by atoms with Crippen molar-refractivity contribution < 1.29 is 33.2 Å². The maximum absolute atomic E-state index is 10.1. The molecule has 0 atom stereocenters. The summed E-state index contributed by atoms with van der Waals surface area (Å²) in [6, 6.07) is 0. The Labute approximate surface area is 75.1 Å². The van der Waals surface area contributed by atoms with Crippen LogP contribution in [0.1, 0.15) is 16.4 Å². The Bertz CT molecular complexity index is 269. The molecule has 1 aromatic heterocycles. The maximum Gasteiger partial charge on any atom is 1.00 e. The van der Waals surface area contributed by atoms with Crippen LogP contribution in [0, 0.1) is 0 Å². The molecule has 5 heteroatoms. The molecule has 0 amide bonds. The van der Waals surface area contributed by atoms with E-state index in [2.05, 4.69) is 16.0 Å². The third-order valence-corrected chi connectivity index (χ3v) is 0.906. The average molecular weight is 145 g/mol. The van der Waals surface area contributed by atoms with Gasteiger partial charge in [0.1, 0.15) is 12.0 Å². The van der Waals surface area contributed by atoms with Gasteiger partial charge in [0.25, 0.3) is 0 Å². The van der Waals surface area contributed by atoms with Crippen LogP contribution >= 0.6 is 0 Å². The molecule has 1 aromatic rings. The van der Waals surface area contributed by atoms with Crippen molar-refractivity contribution in [3.63, 3.8) is 0 Å². The topological polar surface area (TPSA) is 66.2 Å². The molecule has 0 fully saturated rings. The molecule has 0 aromatic carbocycles. The van der Waals surface area contributed by atoms with Crippen molar-refractivity contribution in [2.45, 2.75) is 0 Å². The van der Waals surface area contributed by atoms with Gasteiger partial charge in [0.05, 0.1) is 5.97 Å². The maximum atomic E-state index is 10.1. The van der Waals surface area contributed by atoms with E-state index in [9.17, 15) is 9.90 Å². The first-order valence-electron chi connectivity index (χ1n) is 2.53. The van der Waals surface area contributed by atoms with Crippen LogP contribution in [0.25, 0.3) is 6.08 Å². The summed E-state index contributed by atoms with van der Waals surface area (Å²) in [5, 5.41) is 10.1. The quantitative estimate of drug-likeness (QED) is 0.408. The number of hydrogen-bond acceptors (Lipinski definition) is 4. The molecular formula is C6H4LiNO3. The smallest absolute Gasteiger partial charge is 0.543 e. The number of carboxylic acid groups (broad SMARTS) is 1. The zero-order valence-electron chi connectivity index (χ0n) is 6.03. The molecule has 0 spiro atoms. The predicted octanol–water partition coefficient (Wildman–Crippen LogP) is -3.31. The van der Waals surface area contributed by atoms with Crippen LogP contribution in [0.2, 0.25) is 0 Å². The molecule has 0 aliphatic heterocycles. The summed E-state index contributed by atoms with van der Waals surface area (Å²) in [7, 11) is 0. The van der Waals surface area contributed by atoms with Crippen molar-refractivity contribution >= 4 is 12.0 Å². The van der Waals surface area contributed by atoms with Crippen LogP contribution in [0.15, 0.2) is 17.3 Å². The number of nitrogens with zero attached hydrogens (tertiary/aromatic N) is 1. The zero-order chi connectivity index (χ0) is 7.56. The van der Waals surface area contributed by atoms with Crippen molar-refractivity contribution in [3.8, 4) is 0 Å². The minimum absolute atomic E-state index is 0. The summed E-state index contributed by atoms with van der Waals surface area (Å²) in [5.74, 6) is -1.17. The van der Waals surface area contributed by atoms with Crippen molar-refractivity contribution in [2.24, 2.45) is 0 Å². The predicted molar refractivity (Wildman–Crippen MR) is 30.9 cm³/mol. The third-order valence-electron chi connectivity index (χ3n) is 0.906. The van der Waals surface area contributed by atoms with Gasteiger partial charge < -0.3 is 14.3 Å². The first-order chi connectivity index (χ1) is 4.74. The van der Waals surface area contributed by atoms with Crippen molar-refractivity contribution in [3.05, 3.63) is 24.4 Å². The minimum atomic E-state index is -1.35. The van der Waals surface area contributed by atoms with E-state index in [0.717, 1.165) is 6.26 Å². The van der Waals surface area contributed by atoms with E-state index in [0.29, 0.717) is 0 Å². The SMILES string of the molecule is C=Cc1nc(C(=O)[O-])co1.[Li+]. The van der Waals surface area contributed by atoms with Crippen LogP contribution < -0.4 is 24.0 Å². The fourth-order valence-corrected chi connectivity index (χ4v) is 0.475. The molecular weight excluding hydrogens is 141 g/mol. The summed E-state index contributed by atoms with van der Waals surface area (Å²) in [5.41, 5.74) is -0.213. The fraction of sp³-hybridized carbons (Fsp3) is 0. The van der Waals surface area contributed by atoms with Gasteiger partial charge in [0, 0.05) is 0 Å². The molecule has 1 rings (SSSR count). The van der Waals surface area contributed by atoms with E-state index in [1.807, 2.05) is 0 Å². The first kappa shape index (κ1) is 10.0. The Morgan fingerprint density at radius 1 is 1.82 bits per heavy atom. The van der Waals surface area contributed by atoms with Crippen LogP contribution in [0.3, 0.4) is 0 Å². The number of aromatic nitrogens is 1. The summed E-state index contributed by atoms with van der Waals surface area (Å²) in [4.78, 5) is 13.5. The van der Waals surface area contributed by atoms with Crippen LogP contribution in [-0.2, 0) is 0 Å². The van der Waals surface area contributed by atoms with Gasteiger partial charge in [0.2, 0.25) is 5.89 Å². The Morgan fingerprint density at radius 3 is 2.73 bits per heavy atom. The van der Waals surface area contributed by atoms with Crippen LogP contribution in [0.5, 0.6) is 0 Å². The Kier molecular flexibility index (Phi) is 3.66. The van der Waals surface area contributed by atoms with Gasteiger partial charge in [0.15, 0.2) is 0 Å². The van der Waals surface area contributed by atoms with E-state index in [-0.39, 0.29) is 30.4 Å². The minimum Gasteiger partial charge on any atom is -0.543 e. The van der Waals surface area contributed by atoms with Crippen molar-refractivity contribution in [2.75, 3.05) is 0 Å². The number of rotatable bonds is 2. The number of oxazole rings is 1. The summed E-state index contributed by atoms with van der Waals surface area (Å²) < 4.78 is 4.63. The second-order valence-electron chi connectivity index (χ2n) is 1.56. The monoisotopic (exact) mass is 145 g/mol. The Hall–Kier alpha value is -0.983. The van der Waals surface area contributed by atoms with E-state index < -0.39 is 5.97 Å². The number of carbonyl (C=O) groups excluding carboxylic acids is 1. The number of aromatic carboxylic acids is 1. The number of carboxylic acids is 1. The second-order valence-corrected chi connectivity index (χ2v) is 1.56. The van der Waals surface area contributed by atoms with Gasteiger partial charge in [-0.2, -0.15) is 0 Å². The van der Waals surface area contributed by atoms with E-state index in [4.69, 9.17) is 0 Å². The Balaban J connectivity index is 0.000001000. The molecule has 11 heavy (non-hydrogen) atoms. The molecule has 4 nitrogen and oxygen atoms in total. The van der Waals surface area contributed by atoms with Crippen molar-refractivity contribution in [1.82, 2.24) is 4.98 Å². The van der Waals surface area contributed by atoms with Gasteiger partial charge in [-0.15, -0.1) is 0 Å². The second kappa shape index (κ2) is 4.01. The largest absolute Gasteiger partial charge is 1.00 e. The molecule has 0 aliphatic rings. The van der Waals surface area contributed by atoms with Gasteiger partial charge in [-0.05, 0) is 6.08 Å². The number of hydrogen-bond donors (Lipinski definition) is 0. The molecule has 1 heterocycles. The molecule has 0 aliphatic carbocycles. The molecule has 52 valence electrons.